The highest BCUT2D eigenvalue weighted by atomic mass is 35.5. The zero-order chi connectivity index (χ0) is 30.5. The Balaban J connectivity index is 2.11. The van der Waals surface area contributed by atoms with Crippen molar-refractivity contribution in [1.29, 1.82) is 0 Å². The molecule has 1 N–H and O–H groups in total. The van der Waals surface area contributed by atoms with Crippen molar-refractivity contribution in [2.75, 3.05) is 25.0 Å². The van der Waals surface area contributed by atoms with Gasteiger partial charge in [-0.1, -0.05) is 35.3 Å². The standard InChI is InChI=1S/C27H28Cl2N4O7S/c1-17-5-12-23(14-25(17)33(36)37)41(38,39)32(21-8-10-22(40-4)11-9-21)16-26(34)31(18(2)27(35)30-3)15-19-6-7-20(28)13-24(19)29/h5-14,18H,15-16H2,1-4H3,(H,30,35). The second kappa shape index (κ2) is 13.2. The molecule has 14 heteroatoms. The van der Waals surface area contributed by atoms with Crippen molar-refractivity contribution >= 4 is 56.4 Å². The first-order valence-corrected chi connectivity index (χ1v) is 14.4. The van der Waals surface area contributed by atoms with E-state index in [4.69, 9.17) is 27.9 Å². The van der Waals surface area contributed by atoms with Crippen LogP contribution in [0.15, 0.2) is 65.6 Å². The summed E-state index contributed by atoms with van der Waals surface area (Å²) >= 11 is 12.3. The molecular formula is C27H28Cl2N4O7S. The third-order valence-corrected chi connectivity index (χ3v) is 8.73. The number of nitrogens with zero attached hydrogens (tertiary/aromatic N) is 3. The first kappa shape index (κ1) is 31.7. The molecule has 0 aromatic heterocycles. The van der Waals surface area contributed by atoms with Crippen molar-refractivity contribution in [3.63, 3.8) is 0 Å². The molecule has 1 atom stereocenters. The topological polar surface area (TPSA) is 139 Å². The van der Waals surface area contributed by atoms with E-state index in [1.54, 1.807) is 12.1 Å². The number of likely N-dealkylation sites (N-methyl/N-ethyl adjacent to an activating group) is 1. The number of nitro benzene ring substituents is 1. The van der Waals surface area contributed by atoms with Crippen LogP contribution in [0.25, 0.3) is 0 Å². The van der Waals surface area contributed by atoms with E-state index in [1.807, 2.05) is 0 Å². The largest absolute Gasteiger partial charge is 0.497 e. The summed E-state index contributed by atoms with van der Waals surface area (Å²) in [5.74, 6) is -0.778. The van der Waals surface area contributed by atoms with Gasteiger partial charge < -0.3 is 15.0 Å². The normalized spacial score (nSPS) is 11.9. The SMILES string of the molecule is CNC(=O)C(C)N(Cc1ccc(Cl)cc1Cl)C(=O)CN(c1ccc(OC)cc1)S(=O)(=O)c1ccc(C)c([N+](=O)[O-])c1. The lowest BCUT2D eigenvalue weighted by Crippen LogP contribution is -2.50. The van der Waals surface area contributed by atoms with Gasteiger partial charge >= 0.3 is 0 Å². The monoisotopic (exact) mass is 622 g/mol. The Morgan fingerprint density at radius 1 is 1.07 bits per heavy atom. The third-order valence-electron chi connectivity index (χ3n) is 6.37. The minimum Gasteiger partial charge on any atom is -0.497 e. The molecule has 1 unspecified atom stereocenters. The highest BCUT2D eigenvalue weighted by Crippen LogP contribution is 2.30. The van der Waals surface area contributed by atoms with Crippen LogP contribution in [0.1, 0.15) is 18.1 Å². The van der Waals surface area contributed by atoms with E-state index in [1.165, 1.54) is 75.4 Å². The van der Waals surface area contributed by atoms with Crippen molar-refractivity contribution in [3.05, 3.63) is 92.0 Å². The van der Waals surface area contributed by atoms with Gasteiger partial charge in [0.2, 0.25) is 11.8 Å². The Bertz CT molecular complexity index is 1570. The van der Waals surface area contributed by atoms with E-state index in [0.717, 1.165) is 10.4 Å². The van der Waals surface area contributed by atoms with E-state index >= 15 is 0 Å². The van der Waals surface area contributed by atoms with Crippen LogP contribution in [0.2, 0.25) is 10.0 Å². The number of sulfonamides is 1. The number of nitro groups is 1. The molecule has 0 radical (unpaired) electrons. The summed E-state index contributed by atoms with van der Waals surface area (Å²) in [5.41, 5.74) is 0.457. The molecule has 0 saturated heterocycles. The number of ether oxygens (including phenoxy) is 1. The van der Waals surface area contributed by atoms with Gasteiger partial charge in [0.15, 0.2) is 0 Å². The zero-order valence-corrected chi connectivity index (χ0v) is 25.0. The first-order valence-electron chi connectivity index (χ1n) is 12.2. The summed E-state index contributed by atoms with van der Waals surface area (Å²) in [7, 11) is -1.66. The number of amides is 2. The summed E-state index contributed by atoms with van der Waals surface area (Å²) in [6, 6.07) is 13.1. The van der Waals surface area contributed by atoms with Crippen molar-refractivity contribution in [2.45, 2.75) is 31.3 Å². The quantitative estimate of drug-likeness (QED) is 0.244. The van der Waals surface area contributed by atoms with Crippen LogP contribution in [-0.2, 0) is 26.2 Å². The van der Waals surface area contributed by atoms with Crippen LogP contribution in [0.4, 0.5) is 11.4 Å². The Labute approximate surface area is 247 Å². The number of rotatable bonds is 11. The van der Waals surface area contributed by atoms with E-state index in [0.29, 0.717) is 16.3 Å². The number of anilines is 1. The highest BCUT2D eigenvalue weighted by Gasteiger charge is 2.33. The number of benzene rings is 3. The van der Waals surface area contributed by atoms with Crippen LogP contribution in [-0.4, -0.2) is 56.8 Å². The number of aryl methyl sites for hydroxylation is 1. The fraction of sp³-hybridized carbons (Fsp3) is 0.259. The Morgan fingerprint density at radius 3 is 2.29 bits per heavy atom. The lowest BCUT2D eigenvalue weighted by molar-refractivity contribution is -0.385. The Kier molecular flexibility index (Phi) is 10.2. The number of hydrogen-bond donors (Lipinski definition) is 1. The van der Waals surface area contributed by atoms with Gasteiger partial charge in [-0.05, 0) is 61.9 Å². The van der Waals surface area contributed by atoms with Gasteiger partial charge in [0.05, 0.1) is 22.6 Å². The number of hydrogen-bond acceptors (Lipinski definition) is 7. The van der Waals surface area contributed by atoms with Gasteiger partial charge in [0.25, 0.3) is 15.7 Å². The van der Waals surface area contributed by atoms with Crippen molar-refractivity contribution < 1.29 is 27.7 Å². The maximum atomic E-state index is 13.9. The van der Waals surface area contributed by atoms with Gasteiger partial charge in [-0.15, -0.1) is 0 Å². The average molecular weight is 624 g/mol. The van der Waals surface area contributed by atoms with Crippen LogP contribution in [0.5, 0.6) is 5.75 Å². The van der Waals surface area contributed by atoms with Gasteiger partial charge in [-0.2, -0.15) is 0 Å². The van der Waals surface area contributed by atoms with Crippen LogP contribution >= 0.6 is 23.2 Å². The van der Waals surface area contributed by atoms with Gasteiger partial charge in [-0.3, -0.25) is 24.0 Å². The molecule has 0 fully saturated rings. The highest BCUT2D eigenvalue weighted by molar-refractivity contribution is 7.92. The summed E-state index contributed by atoms with van der Waals surface area (Å²) in [6.07, 6.45) is 0. The third kappa shape index (κ3) is 7.26. The van der Waals surface area contributed by atoms with Gasteiger partial charge in [0.1, 0.15) is 18.3 Å². The van der Waals surface area contributed by atoms with Crippen LogP contribution < -0.4 is 14.4 Å². The lowest BCUT2D eigenvalue weighted by atomic mass is 10.1. The second-order valence-corrected chi connectivity index (χ2v) is 11.7. The molecule has 0 saturated carbocycles. The Morgan fingerprint density at radius 2 is 1.73 bits per heavy atom. The molecule has 41 heavy (non-hydrogen) atoms. The van der Waals surface area contributed by atoms with Crippen LogP contribution in [0, 0.1) is 17.0 Å². The predicted molar refractivity (Wildman–Crippen MR) is 156 cm³/mol. The average Bonchev–Trinajstić information content (AvgIpc) is 2.94. The molecule has 0 bridgehead atoms. The molecule has 0 spiro atoms. The molecule has 0 aliphatic rings. The van der Waals surface area contributed by atoms with Crippen LogP contribution in [0.3, 0.4) is 0 Å². The number of carbonyl (C=O) groups is 2. The summed E-state index contributed by atoms with van der Waals surface area (Å²) in [4.78, 5) is 38.1. The number of carbonyl (C=O) groups excluding carboxylic acids is 2. The Hall–Kier alpha value is -3.87. The maximum Gasteiger partial charge on any atom is 0.273 e. The summed E-state index contributed by atoms with van der Waals surface area (Å²) < 4.78 is 33.9. The van der Waals surface area contributed by atoms with E-state index < -0.39 is 39.3 Å². The minimum atomic E-state index is -4.52. The maximum absolute atomic E-state index is 13.9. The number of methoxy groups -OCH3 is 1. The van der Waals surface area contributed by atoms with Crippen molar-refractivity contribution in [1.82, 2.24) is 10.2 Å². The van der Waals surface area contributed by atoms with Gasteiger partial charge in [0, 0.05) is 35.3 Å². The predicted octanol–water partition coefficient (Wildman–Crippen LogP) is 4.58. The number of nitrogens with one attached hydrogen (secondary N) is 1. The van der Waals surface area contributed by atoms with Gasteiger partial charge in [-0.25, -0.2) is 8.42 Å². The van der Waals surface area contributed by atoms with E-state index in [2.05, 4.69) is 5.32 Å². The molecule has 0 aliphatic heterocycles. The lowest BCUT2D eigenvalue weighted by Gasteiger charge is -2.32. The fourth-order valence-corrected chi connectivity index (χ4v) is 5.88. The molecule has 0 heterocycles. The fourth-order valence-electron chi connectivity index (χ4n) is 3.98. The first-order chi connectivity index (χ1) is 19.3. The summed E-state index contributed by atoms with van der Waals surface area (Å²) in [5, 5.41) is 14.7. The molecule has 2 amide bonds. The van der Waals surface area contributed by atoms with Crippen molar-refractivity contribution in [2.24, 2.45) is 0 Å². The molecule has 3 aromatic carbocycles. The number of halogens is 2. The van der Waals surface area contributed by atoms with Crippen molar-refractivity contribution in [3.8, 4) is 5.75 Å². The molecule has 0 aliphatic carbocycles. The minimum absolute atomic E-state index is 0.0967. The molecule has 11 nitrogen and oxygen atoms in total. The molecule has 3 aromatic rings. The smallest absolute Gasteiger partial charge is 0.273 e. The molecular weight excluding hydrogens is 595 g/mol. The zero-order valence-electron chi connectivity index (χ0n) is 22.6. The second-order valence-electron chi connectivity index (χ2n) is 8.96. The molecule has 3 rings (SSSR count). The van der Waals surface area contributed by atoms with E-state index in [-0.39, 0.29) is 33.4 Å². The van der Waals surface area contributed by atoms with E-state index in [9.17, 15) is 28.1 Å². The summed E-state index contributed by atoms with van der Waals surface area (Å²) in [6.45, 7) is 2.12. The molecule has 218 valence electrons.